The van der Waals surface area contributed by atoms with Crippen LogP contribution < -0.4 is 5.56 Å². The number of ether oxygens (including phenoxy) is 1. The van der Waals surface area contributed by atoms with Gasteiger partial charge in [-0.3, -0.25) is 14.4 Å². The molecule has 3 rings (SSSR count). The van der Waals surface area contributed by atoms with Crippen LogP contribution in [0.3, 0.4) is 0 Å². The quantitative estimate of drug-likeness (QED) is 0.803. The lowest BCUT2D eigenvalue weighted by Crippen LogP contribution is -2.35. The third-order valence-electron chi connectivity index (χ3n) is 4.54. The van der Waals surface area contributed by atoms with Crippen LogP contribution in [0.15, 0.2) is 4.79 Å². The zero-order valence-corrected chi connectivity index (χ0v) is 16.1. The van der Waals surface area contributed by atoms with Crippen molar-refractivity contribution in [2.75, 3.05) is 14.1 Å². The van der Waals surface area contributed by atoms with E-state index in [2.05, 4.69) is 9.97 Å². The van der Waals surface area contributed by atoms with Gasteiger partial charge in [-0.05, 0) is 38.2 Å². The number of aryl methyl sites for hydroxylation is 3. The summed E-state index contributed by atoms with van der Waals surface area (Å²) in [5.74, 6) is -0.277. The number of hydrogen-bond acceptors (Lipinski definition) is 6. The van der Waals surface area contributed by atoms with Gasteiger partial charge < -0.3 is 14.6 Å². The Hall–Kier alpha value is -2.22. The van der Waals surface area contributed by atoms with Gasteiger partial charge in [0.05, 0.1) is 11.8 Å². The first-order valence-corrected chi connectivity index (χ1v) is 9.62. The monoisotopic (exact) mass is 377 g/mol. The van der Waals surface area contributed by atoms with Crippen LogP contribution in [0.2, 0.25) is 0 Å². The number of amides is 1. The molecule has 26 heavy (non-hydrogen) atoms. The number of carbonyl (C=O) groups is 2. The van der Waals surface area contributed by atoms with E-state index >= 15 is 0 Å². The summed E-state index contributed by atoms with van der Waals surface area (Å²) in [7, 11) is 3.22. The van der Waals surface area contributed by atoms with Crippen molar-refractivity contribution < 1.29 is 14.3 Å². The number of nitrogens with zero attached hydrogens (tertiary/aromatic N) is 2. The fourth-order valence-corrected chi connectivity index (χ4v) is 4.50. The number of fused-ring (bicyclic) bond motifs is 3. The molecule has 0 radical (unpaired) electrons. The fourth-order valence-electron chi connectivity index (χ4n) is 3.22. The van der Waals surface area contributed by atoms with Crippen molar-refractivity contribution in [3.8, 4) is 0 Å². The fraction of sp³-hybridized carbons (Fsp3) is 0.556. The molecule has 0 fully saturated rings. The first kappa shape index (κ1) is 18.6. The minimum absolute atomic E-state index is 0.0601. The van der Waals surface area contributed by atoms with E-state index in [1.807, 2.05) is 0 Å². The molecule has 0 unspecified atom stereocenters. The minimum atomic E-state index is -0.823. The highest BCUT2D eigenvalue weighted by Gasteiger charge is 2.21. The van der Waals surface area contributed by atoms with Crippen LogP contribution in [-0.4, -0.2) is 46.9 Å². The summed E-state index contributed by atoms with van der Waals surface area (Å²) in [6.07, 6.45) is 3.71. The molecule has 0 saturated carbocycles. The van der Waals surface area contributed by atoms with Gasteiger partial charge in [0.15, 0.2) is 6.10 Å². The number of esters is 1. The first-order chi connectivity index (χ1) is 12.4. The van der Waals surface area contributed by atoms with Gasteiger partial charge in [-0.1, -0.05) is 0 Å². The third kappa shape index (κ3) is 3.80. The molecule has 7 nitrogen and oxygen atoms in total. The molecule has 1 aliphatic rings. The van der Waals surface area contributed by atoms with Gasteiger partial charge in [-0.15, -0.1) is 11.3 Å². The summed E-state index contributed by atoms with van der Waals surface area (Å²) in [5.41, 5.74) is 1.01. The van der Waals surface area contributed by atoms with E-state index in [1.54, 1.807) is 32.4 Å². The van der Waals surface area contributed by atoms with Gasteiger partial charge in [0.1, 0.15) is 10.7 Å². The van der Waals surface area contributed by atoms with Crippen molar-refractivity contribution in [2.45, 2.75) is 51.6 Å². The van der Waals surface area contributed by atoms with Gasteiger partial charge in [0.25, 0.3) is 11.5 Å². The van der Waals surface area contributed by atoms with Crippen LogP contribution in [0.1, 0.15) is 42.5 Å². The predicted octanol–water partition coefficient (Wildman–Crippen LogP) is 1.82. The van der Waals surface area contributed by atoms with Crippen molar-refractivity contribution in [1.29, 1.82) is 0 Å². The minimum Gasteiger partial charge on any atom is -0.453 e. The molecule has 0 spiro atoms. The smallest absolute Gasteiger partial charge is 0.307 e. The Morgan fingerprint density at radius 3 is 2.77 bits per heavy atom. The highest BCUT2D eigenvalue weighted by atomic mass is 32.1. The van der Waals surface area contributed by atoms with E-state index in [1.165, 1.54) is 9.78 Å². The number of nitrogens with one attached hydrogen (secondary N) is 1. The molecule has 1 amide bonds. The van der Waals surface area contributed by atoms with Crippen molar-refractivity contribution in [1.82, 2.24) is 14.9 Å². The normalized spacial score (nSPS) is 14.7. The largest absolute Gasteiger partial charge is 0.453 e. The van der Waals surface area contributed by atoms with Gasteiger partial charge >= 0.3 is 5.97 Å². The Morgan fingerprint density at radius 2 is 2.04 bits per heavy atom. The number of aromatic amines is 1. The average Bonchev–Trinajstić information content (AvgIpc) is 2.97. The second kappa shape index (κ2) is 7.57. The highest BCUT2D eigenvalue weighted by Crippen LogP contribution is 2.33. The Kier molecular flexibility index (Phi) is 5.41. The Morgan fingerprint density at radius 1 is 1.31 bits per heavy atom. The predicted molar refractivity (Wildman–Crippen MR) is 99.5 cm³/mol. The molecular weight excluding hydrogens is 354 g/mol. The van der Waals surface area contributed by atoms with E-state index in [0.29, 0.717) is 11.2 Å². The zero-order chi connectivity index (χ0) is 18.8. The number of aromatic nitrogens is 2. The van der Waals surface area contributed by atoms with E-state index < -0.39 is 12.1 Å². The molecule has 140 valence electrons. The molecule has 2 aromatic heterocycles. The van der Waals surface area contributed by atoms with Crippen LogP contribution in [0, 0.1) is 0 Å². The molecule has 0 aliphatic heterocycles. The lowest BCUT2D eigenvalue weighted by molar-refractivity contribution is -0.157. The van der Waals surface area contributed by atoms with Crippen molar-refractivity contribution >= 4 is 33.4 Å². The van der Waals surface area contributed by atoms with Crippen LogP contribution >= 0.6 is 11.3 Å². The van der Waals surface area contributed by atoms with E-state index in [0.717, 1.165) is 36.1 Å². The van der Waals surface area contributed by atoms with Gasteiger partial charge in [0, 0.05) is 25.4 Å². The van der Waals surface area contributed by atoms with Crippen LogP contribution in [-0.2, 0) is 33.6 Å². The number of carbonyl (C=O) groups excluding carboxylic acids is 2. The molecule has 2 aromatic rings. The van der Waals surface area contributed by atoms with Gasteiger partial charge in [-0.25, -0.2) is 4.98 Å². The molecule has 1 atom stereocenters. The zero-order valence-electron chi connectivity index (χ0n) is 15.3. The van der Waals surface area contributed by atoms with Gasteiger partial charge in [0.2, 0.25) is 0 Å². The maximum atomic E-state index is 12.5. The first-order valence-electron chi connectivity index (χ1n) is 8.81. The third-order valence-corrected chi connectivity index (χ3v) is 5.72. The van der Waals surface area contributed by atoms with Crippen LogP contribution in [0.5, 0.6) is 0 Å². The lowest BCUT2D eigenvalue weighted by Gasteiger charge is -2.17. The number of hydrogen-bond donors (Lipinski definition) is 1. The molecule has 2 heterocycles. The second-order valence-corrected chi connectivity index (χ2v) is 7.85. The van der Waals surface area contributed by atoms with Crippen molar-refractivity contribution in [2.24, 2.45) is 0 Å². The Balaban J connectivity index is 1.69. The highest BCUT2D eigenvalue weighted by molar-refractivity contribution is 7.18. The number of H-pyrrole nitrogens is 1. The van der Waals surface area contributed by atoms with Crippen molar-refractivity contribution in [3.63, 3.8) is 0 Å². The molecule has 0 aromatic carbocycles. The Bertz CT molecular complexity index is 900. The summed E-state index contributed by atoms with van der Waals surface area (Å²) < 4.78 is 5.13. The summed E-state index contributed by atoms with van der Waals surface area (Å²) in [6, 6.07) is 0. The molecule has 0 saturated heterocycles. The standard InChI is InChI=1S/C18H23N3O4S/c1-10(18(24)21(2)3)25-14(22)9-8-13-19-16(23)15-11-6-4-5-7-12(11)26-17(15)20-13/h10H,4-9H2,1-3H3,(H,19,20,23)/t10-/m0/s1. The SMILES string of the molecule is C[C@H](OC(=O)CCc1nc2sc3c(c2c(=O)[nH]1)CCCC3)C(=O)N(C)C. The number of thiophene rings is 1. The second-order valence-electron chi connectivity index (χ2n) is 6.77. The summed E-state index contributed by atoms with van der Waals surface area (Å²) in [6.45, 7) is 1.54. The van der Waals surface area contributed by atoms with E-state index in [-0.39, 0.29) is 24.3 Å². The maximum absolute atomic E-state index is 12.5. The maximum Gasteiger partial charge on any atom is 0.307 e. The summed E-state index contributed by atoms with van der Waals surface area (Å²) in [4.78, 5) is 46.9. The number of likely N-dealkylation sites (N-methyl/N-ethyl adjacent to an activating group) is 1. The topological polar surface area (TPSA) is 92.4 Å². The molecule has 0 bridgehead atoms. The Labute approximate surface area is 155 Å². The van der Waals surface area contributed by atoms with Gasteiger partial charge in [-0.2, -0.15) is 0 Å². The van der Waals surface area contributed by atoms with E-state index in [4.69, 9.17) is 4.74 Å². The van der Waals surface area contributed by atoms with Crippen molar-refractivity contribution in [3.05, 3.63) is 26.6 Å². The molecule has 1 aliphatic carbocycles. The van der Waals surface area contributed by atoms with E-state index in [9.17, 15) is 14.4 Å². The lowest BCUT2D eigenvalue weighted by atomic mass is 9.97. The van der Waals surface area contributed by atoms with Crippen LogP contribution in [0.4, 0.5) is 0 Å². The molecule has 1 N–H and O–H groups in total. The summed E-state index contributed by atoms with van der Waals surface area (Å²) in [5, 5.41) is 0.709. The summed E-state index contributed by atoms with van der Waals surface area (Å²) >= 11 is 1.58. The number of rotatable bonds is 5. The molecular formula is C18H23N3O4S. The molecule has 8 heteroatoms. The average molecular weight is 377 g/mol. The van der Waals surface area contributed by atoms with Crippen LogP contribution in [0.25, 0.3) is 10.2 Å².